The lowest BCUT2D eigenvalue weighted by Gasteiger charge is -2.02. The van der Waals surface area contributed by atoms with Crippen molar-refractivity contribution in [3.63, 3.8) is 0 Å². The second-order valence-electron chi connectivity index (χ2n) is 3.31. The Morgan fingerprint density at radius 1 is 1.47 bits per heavy atom. The average molecular weight is 235 g/mol. The summed E-state index contributed by atoms with van der Waals surface area (Å²) in [6.07, 6.45) is 0. The van der Waals surface area contributed by atoms with Gasteiger partial charge in [-0.25, -0.2) is 4.79 Å². The second-order valence-corrected chi connectivity index (χ2v) is 3.31. The zero-order valence-electron chi connectivity index (χ0n) is 8.61. The van der Waals surface area contributed by atoms with Gasteiger partial charge in [0, 0.05) is 12.1 Å². The molecule has 1 aromatic carbocycles. The van der Waals surface area contributed by atoms with Crippen LogP contribution in [0.25, 0.3) is 5.69 Å². The van der Waals surface area contributed by atoms with Crippen LogP contribution >= 0.6 is 0 Å². The van der Waals surface area contributed by atoms with Gasteiger partial charge in [0.05, 0.1) is 5.27 Å². The molecule has 0 aliphatic carbocycles. The summed E-state index contributed by atoms with van der Waals surface area (Å²) in [7, 11) is 0. The number of nitrogens with zero attached hydrogens (tertiary/aromatic N) is 2. The first-order chi connectivity index (χ1) is 8.11. The molecule has 7 nitrogen and oxygen atoms in total. The number of para-hydroxylation sites is 1. The number of carboxylic acids is 1. The molecule has 0 saturated carbocycles. The molecule has 0 radical (unpaired) electrons. The van der Waals surface area contributed by atoms with Crippen molar-refractivity contribution in [1.29, 1.82) is 0 Å². The predicted octanol–water partition coefficient (Wildman–Crippen LogP) is -0.891. The fourth-order valence-corrected chi connectivity index (χ4v) is 1.39. The Balaban J connectivity index is 2.54. The lowest BCUT2D eigenvalue weighted by Crippen LogP contribution is -2.42. The Hall–Kier alpha value is -2.41. The van der Waals surface area contributed by atoms with Crippen molar-refractivity contribution < 1.29 is 24.2 Å². The van der Waals surface area contributed by atoms with Crippen LogP contribution in [0.3, 0.4) is 0 Å². The molecule has 1 aromatic heterocycles. The monoisotopic (exact) mass is 235 g/mol. The first-order valence-corrected chi connectivity index (χ1v) is 4.74. The number of hydrogen-bond acceptors (Lipinski definition) is 5. The standard InChI is InChI=1S/C10H9N3O4/c11-7(9(14)15)8-10(16)17-12-13(8)6-4-2-1-3-5-6/h1-5,7H,11H2,(H-,12,14,15,16). The van der Waals surface area contributed by atoms with E-state index in [4.69, 9.17) is 10.8 Å². The van der Waals surface area contributed by atoms with Crippen molar-refractivity contribution in [2.45, 2.75) is 6.04 Å². The third kappa shape index (κ3) is 1.95. The average Bonchev–Trinajstić information content (AvgIpc) is 2.71. The highest BCUT2D eigenvalue weighted by Crippen LogP contribution is 2.16. The molecule has 0 aliphatic heterocycles. The summed E-state index contributed by atoms with van der Waals surface area (Å²) in [6.45, 7) is 0. The summed E-state index contributed by atoms with van der Waals surface area (Å²) in [5, 5.41) is 23.6. The smallest absolute Gasteiger partial charge is 0.331 e. The molecule has 1 atom stereocenters. The highest BCUT2D eigenvalue weighted by atomic mass is 16.6. The van der Waals surface area contributed by atoms with E-state index in [2.05, 4.69) is 9.79 Å². The van der Waals surface area contributed by atoms with Gasteiger partial charge in [0.15, 0.2) is 12.0 Å². The highest BCUT2D eigenvalue weighted by molar-refractivity contribution is 5.74. The van der Waals surface area contributed by atoms with E-state index in [-0.39, 0.29) is 5.69 Å². The lowest BCUT2D eigenvalue weighted by molar-refractivity contribution is -0.678. The number of nitrogens with two attached hydrogens (primary N) is 1. The Labute approximate surface area is 95.7 Å². The molecule has 0 aliphatic rings. The Morgan fingerprint density at radius 3 is 2.71 bits per heavy atom. The molecule has 3 N–H and O–H groups in total. The van der Waals surface area contributed by atoms with E-state index < -0.39 is 18.0 Å². The van der Waals surface area contributed by atoms with E-state index in [9.17, 15) is 9.90 Å². The van der Waals surface area contributed by atoms with Crippen molar-refractivity contribution >= 4 is 5.97 Å². The van der Waals surface area contributed by atoms with Gasteiger partial charge in [-0.1, -0.05) is 18.2 Å². The maximum Gasteiger partial charge on any atom is 0.331 e. The molecule has 1 unspecified atom stereocenters. The number of benzene rings is 1. The second kappa shape index (κ2) is 4.22. The number of carboxylic acid groups (broad SMARTS) is 1. The van der Waals surface area contributed by atoms with E-state index in [1.165, 1.54) is 0 Å². The first-order valence-electron chi connectivity index (χ1n) is 4.74. The van der Waals surface area contributed by atoms with Gasteiger partial charge in [0.25, 0.3) is 5.69 Å². The van der Waals surface area contributed by atoms with Crippen LogP contribution in [-0.4, -0.2) is 16.3 Å². The van der Waals surface area contributed by atoms with Crippen molar-refractivity contribution in [3.05, 3.63) is 36.0 Å². The van der Waals surface area contributed by atoms with E-state index in [0.29, 0.717) is 5.69 Å². The SMILES string of the molecule is NC(C(=O)O)c1c([O-])on[n+]1-c1ccccc1. The number of rotatable bonds is 3. The van der Waals surface area contributed by atoms with Gasteiger partial charge in [0.2, 0.25) is 5.69 Å². The van der Waals surface area contributed by atoms with Crippen LogP contribution in [0.15, 0.2) is 34.9 Å². The molecule has 0 amide bonds. The van der Waals surface area contributed by atoms with Crippen molar-refractivity contribution in [2.24, 2.45) is 5.73 Å². The molecule has 0 saturated heterocycles. The first kappa shape index (κ1) is 11.1. The van der Waals surface area contributed by atoms with Crippen LogP contribution in [-0.2, 0) is 4.79 Å². The summed E-state index contributed by atoms with van der Waals surface area (Å²) in [4.78, 5) is 10.8. The van der Waals surface area contributed by atoms with E-state index in [0.717, 1.165) is 4.68 Å². The maximum absolute atomic E-state index is 11.4. The van der Waals surface area contributed by atoms with Crippen LogP contribution in [0, 0.1) is 0 Å². The number of aromatic nitrogens is 2. The molecule has 7 heteroatoms. The van der Waals surface area contributed by atoms with Gasteiger partial charge in [0.1, 0.15) is 0 Å². The Bertz CT molecular complexity index is 538. The van der Waals surface area contributed by atoms with Crippen molar-refractivity contribution in [2.75, 3.05) is 0 Å². The minimum atomic E-state index is -1.48. The predicted molar refractivity (Wildman–Crippen MR) is 52.0 cm³/mol. The molecule has 0 bridgehead atoms. The molecular weight excluding hydrogens is 226 g/mol. The molecule has 2 aromatic rings. The van der Waals surface area contributed by atoms with Crippen LogP contribution in [0.2, 0.25) is 0 Å². The van der Waals surface area contributed by atoms with Crippen LogP contribution in [0.4, 0.5) is 0 Å². The summed E-state index contributed by atoms with van der Waals surface area (Å²) >= 11 is 0. The molecule has 1 heterocycles. The number of aliphatic carboxylic acids is 1. The van der Waals surface area contributed by atoms with Gasteiger partial charge in [-0.3, -0.25) is 0 Å². The summed E-state index contributed by atoms with van der Waals surface area (Å²) in [5.74, 6) is -2.18. The number of hydrogen-bond donors (Lipinski definition) is 2. The van der Waals surface area contributed by atoms with Crippen LogP contribution < -0.4 is 15.5 Å². The van der Waals surface area contributed by atoms with Crippen molar-refractivity contribution in [3.8, 4) is 11.6 Å². The molecule has 17 heavy (non-hydrogen) atoms. The normalized spacial score (nSPS) is 12.3. The molecular formula is C10H9N3O4. The largest absolute Gasteiger partial charge is 0.539 e. The van der Waals surface area contributed by atoms with Crippen molar-refractivity contribution in [1.82, 2.24) is 5.27 Å². The topological polar surface area (TPSA) is 116 Å². The zero-order valence-corrected chi connectivity index (χ0v) is 8.61. The van der Waals surface area contributed by atoms with E-state index >= 15 is 0 Å². The number of carbonyl (C=O) groups is 1. The quantitative estimate of drug-likeness (QED) is 0.666. The highest BCUT2D eigenvalue weighted by Gasteiger charge is 2.31. The minimum absolute atomic E-state index is 0.219. The van der Waals surface area contributed by atoms with Gasteiger partial charge in [-0.05, 0) is 4.68 Å². The maximum atomic E-state index is 11.4. The summed E-state index contributed by atoms with van der Waals surface area (Å²) in [6, 6.07) is 7.04. The fourth-order valence-electron chi connectivity index (χ4n) is 1.39. The van der Waals surface area contributed by atoms with Crippen LogP contribution in [0.1, 0.15) is 11.7 Å². The molecule has 0 fully saturated rings. The fraction of sp³-hybridized carbons (Fsp3) is 0.100. The molecule has 88 valence electrons. The molecule has 0 spiro atoms. The zero-order chi connectivity index (χ0) is 12.4. The van der Waals surface area contributed by atoms with Gasteiger partial charge < -0.3 is 20.5 Å². The Kier molecular flexibility index (Phi) is 2.75. The summed E-state index contributed by atoms with van der Waals surface area (Å²) < 4.78 is 5.52. The van der Waals surface area contributed by atoms with E-state index in [1.807, 2.05) is 0 Å². The Morgan fingerprint density at radius 2 is 2.12 bits per heavy atom. The molecule has 2 rings (SSSR count). The van der Waals surface area contributed by atoms with Crippen LogP contribution in [0.5, 0.6) is 5.95 Å². The minimum Gasteiger partial charge on any atom is -0.539 e. The lowest BCUT2D eigenvalue weighted by atomic mass is 10.2. The summed E-state index contributed by atoms with van der Waals surface area (Å²) in [5.41, 5.74) is 5.69. The third-order valence-electron chi connectivity index (χ3n) is 2.20. The van der Waals surface area contributed by atoms with Gasteiger partial charge in [-0.2, -0.15) is 0 Å². The third-order valence-corrected chi connectivity index (χ3v) is 2.20. The van der Waals surface area contributed by atoms with Gasteiger partial charge >= 0.3 is 5.97 Å². The van der Waals surface area contributed by atoms with Gasteiger partial charge in [-0.15, -0.1) is 0 Å². The van der Waals surface area contributed by atoms with E-state index in [1.54, 1.807) is 30.3 Å².